The predicted octanol–water partition coefficient (Wildman–Crippen LogP) is 2.14. The van der Waals surface area contributed by atoms with E-state index < -0.39 is 0 Å². The van der Waals surface area contributed by atoms with E-state index in [-0.39, 0.29) is 5.92 Å². The Labute approximate surface area is 128 Å². The van der Waals surface area contributed by atoms with Crippen molar-refractivity contribution in [1.29, 1.82) is 0 Å². The zero-order chi connectivity index (χ0) is 15.4. The Morgan fingerprint density at radius 1 is 1.19 bits per heavy atom. The minimum atomic E-state index is 0.265. The van der Waals surface area contributed by atoms with Gasteiger partial charge in [-0.2, -0.15) is 0 Å². The highest BCUT2D eigenvalue weighted by Crippen LogP contribution is 2.34. The van der Waals surface area contributed by atoms with Gasteiger partial charge in [0.25, 0.3) is 0 Å². The largest absolute Gasteiger partial charge is 0.383 e. The maximum Gasteiger partial charge on any atom is 0.197 e. The van der Waals surface area contributed by atoms with Gasteiger partial charge in [-0.1, -0.05) is 13.8 Å². The minimum Gasteiger partial charge on any atom is -0.383 e. The third-order valence-corrected chi connectivity index (χ3v) is 3.59. The van der Waals surface area contributed by atoms with Gasteiger partial charge in [0.05, 0.1) is 0 Å². The van der Waals surface area contributed by atoms with Gasteiger partial charge in [-0.25, -0.2) is 19.9 Å². The molecular weight excluding hydrogens is 286 g/mol. The molecule has 21 heavy (non-hydrogen) atoms. The first-order chi connectivity index (χ1) is 10.0. The Kier molecular flexibility index (Phi) is 4.79. The molecule has 7 nitrogen and oxygen atoms in total. The first kappa shape index (κ1) is 15.3. The maximum absolute atomic E-state index is 5.70. The van der Waals surface area contributed by atoms with Crippen LogP contribution in [0.4, 0.5) is 17.5 Å². The fourth-order valence-electron chi connectivity index (χ4n) is 1.88. The van der Waals surface area contributed by atoms with Gasteiger partial charge in [0.1, 0.15) is 28.8 Å². The van der Waals surface area contributed by atoms with Gasteiger partial charge in [0.2, 0.25) is 0 Å². The normalized spacial score (nSPS) is 10.9. The zero-order valence-electron chi connectivity index (χ0n) is 12.3. The number of hydrogen-bond donors (Lipinski definition) is 3. The Morgan fingerprint density at radius 3 is 2.43 bits per heavy atom. The van der Waals surface area contributed by atoms with Crippen LogP contribution in [0.15, 0.2) is 22.6 Å². The number of nitrogens with two attached hydrogens (primary N) is 2. The zero-order valence-corrected chi connectivity index (χ0v) is 13.1. The second-order valence-electron chi connectivity index (χ2n) is 4.73. The van der Waals surface area contributed by atoms with Crippen molar-refractivity contribution in [3.63, 3.8) is 0 Å². The van der Waals surface area contributed by atoms with E-state index in [4.69, 9.17) is 11.5 Å². The molecule has 0 saturated heterocycles. The molecule has 2 rings (SSSR count). The number of nitrogens with zero attached hydrogens (tertiary/aromatic N) is 4. The Balaban J connectivity index is 2.41. The van der Waals surface area contributed by atoms with Crippen LogP contribution in [0.2, 0.25) is 0 Å². The molecule has 5 N–H and O–H groups in total. The summed E-state index contributed by atoms with van der Waals surface area (Å²) in [4.78, 5) is 17.0. The SMILES string of the molecule is CCNc1ncnc(Sc2nc(N)cc(N)n2)c1C(C)C. The van der Waals surface area contributed by atoms with Crippen LogP contribution in [-0.2, 0) is 0 Å². The Morgan fingerprint density at radius 2 is 1.86 bits per heavy atom. The molecule has 0 spiro atoms. The number of nitrogens with one attached hydrogen (secondary N) is 1. The molecule has 0 atom stereocenters. The van der Waals surface area contributed by atoms with Gasteiger partial charge in [-0.3, -0.25) is 0 Å². The molecule has 0 aliphatic rings. The lowest BCUT2D eigenvalue weighted by atomic mass is 10.1. The minimum absolute atomic E-state index is 0.265. The van der Waals surface area contributed by atoms with Gasteiger partial charge in [0.15, 0.2) is 5.16 Å². The molecule has 0 aliphatic carbocycles. The second kappa shape index (κ2) is 6.57. The first-order valence-corrected chi connectivity index (χ1v) is 7.49. The standard InChI is InChI=1S/C13H19N7S/c1-4-16-11-10(7(2)3)12(18-6-17-11)21-13-19-8(14)5-9(15)20-13/h5-7H,4H2,1-3H3,(H,16,17,18)(H4,14,15,19,20). The molecule has 0 bridgehead atoms. The van der Waals surface area contributed by atoms with Crippen molar-refractivity contribution >= 4 is 29.2 Å². The van der Waals surface area contributed by atoms with E-state index in [0.29, 0.717) is 16.8 Å². The summed E-state index contributed by atoms with van der Waals surface area (Å²) < 4.78 is 0. The van der Waals surface area contributed by atoms with E-state index in [9.17, 15) is 0 Å². The van der Waals surface area contributed by atoms with Crippen LogP contribution < -0.4 is 16.8 Å². The summed E-state index contributed by atoms with van der Waals surface area (Å²) >= 11 is 1.34. The van der Waals surface area contributed by atoms with E-state index in [1.54, 1.807) is 0 Å². The lowest BCUT2D eigenvalue weighted by molar-refractivity contribution is 0.801. The summed E-state index contributed by atoms with van der Waals surface area (Å²) in [5.74, 6) is 1.79. The monoisotopic (exact) mass is 305 g/mol. The van der Waals surface area contributed by atoms with Crippen LogP contribution in [0, 0.1) is 0 Å². The van der Waals surface area contributed by atoms with Crippen LogP contribution in [0.5, 0.6) is 0 Å². The molecule has 0 amide bonds. The average molecular weight is 305 g/mol. The molecule has 2 aromatic rings. The van der Waals surface area contributed by atoms with Crippen molar-refractivity contribution in [3.05, 3.63) is 18.0 Å². The number of aromatic nitrogens is 4. The maximum atomic E-state index is 5.70. The van der Waals surface area contributed by atoms with E-state index in [1.807, 2.05) is 6.92 Å². The molecule has 8 heteroatoms. The first-order valence-electron chi connectivity index (χ1n) is 6.68. The van der Waals surface area contributed by atoms with Crippen LogP contribution in [0.3, 0.4) is 0 Å². The van der Waals surface area contributed by atoms with E-state index in [0.717, 1.165) is 23.0 Å². The van der Waals surface area contributed by atoms with E-state index in [2.05, 4.69) is 39.1 Å². The fraction of sp³-hybridized carbons (Fsp3) is 0.385. The quantitative estimate of drug-likeness (QED) is 0.568. The molecular formula is C13H19N7S. The Hall–Kier alpha value is -2.09. The molecule has 0 fully saturated rings. The van der Waals surface area contributed by atoms with E-state index >= 15 is 0 Å². The van der Waals surface area contributed by atoms with Crippen molar-refractivity contribution < 1.29 is 0 Å². The lowest BCUT2D eigenvalue weighted by Crippen LogP contribution is -2.07. The van der Waals surface area contributed by atoms with Gasteiger partial charge in [0, 0.05) is 18.2 Å². The highest BCUT2D eigenvalue weighted by molar-refractivity contribution is 7.99. The number of anilines is 3. The van der Waals surface area contributed by atoms with Gasteiger partial charge in [-0.15, -0.1) is 0 Å². The van der Waals surface area contributed by atoms with Crippen LogP contribution >= 0.6 is 11.8 Å². The van der Waals surface area contributed by atoms with Crippen molar-refractivity contribution in [2.45, 2.75) is 36.9 Å². The lowest BCUT2D eigenvalue weighted by Gasteiger charge is -2.15. The number of nitrogen functional groups attached to an aromatic ring is 2. The van der Waals surface area contributed by atoms with Crippen molar-refractivity contribution in [3.8, 4) is 0 Å². The van der Waals surface area contributed by atoms with Crippen molar-refractivity contribution in [2.24, 2.45) is 0 Å². The summed E-state index contributed by atoms with van der Waals surface area (Å²) in [5, 5.41) is 4.54. The molecule has 0 aromatic carbocycles. The number of hydrogen-bond acceptors (Lipinski definition) is 8. The molecule has 2 aromatic heterocycles. The topological polar surface area (TPSA) is 116 Å². The van der Waals surface area contributed by atoms with Crippen LogP contribution in [-0.4, -0.2) is 26.5 Å². The summed E-state index contributed by atoms with van der Waals surface area (Å²) in [5.41, 5.74) is 12.4. The summed E-state index contributed by atoms with van der Waals surface area (Å²) in [6, 6.07) is 1.53. The fourth-order valence-corrected chi connectivity index (χ4v) is 2.90. The smallest absolute Gasteiger partial charge is 0.197 e. The highest BCUT2D eigenvalue weighted by atomic mass is 32.2. The summed E-state index contributed by atoms with van der Waals surface area (Å²) in [6.45, 7) is 7.01. The van der Waals surface area contributed by atoms with Gasteiger partial charge >= 0.3 is 0 Å². The third-order valence-electron chi connectivity index (χ3n) is 2.70. The van der Waals surface area contributed by atoms with Gasteiger partial charge in [-0.05, 0) is 24.6 Å². The van der Waals surface area contributed by atoms with E-state index in [1.165, 1.54) is 24.2 Å². The number of rotatable bonds is 5. The summed E-state index contributed by atoms with van der Waals surface area (Å²) in [7, 11) is 0. The molecule has 2 heterocycles. The van der Waals surface area contributed by atoms with Crippen LogP contribution in [0.1, 0.15) is 32.3 Å². The van der Waals surface area contributed by atoms with Crippen molar-refractivity contribution in [2.75, 3.05) is 23.3 Å². The predicted molar refractivity (Wildman–Crippen MR) is 85.3 cm³/mol. The van der Waals surface area contributed by atoms with Crippen LogP contribution in [0.25, 0.3) is 0 Å². The molecule has 0 unspecified atom stereocenters. The summed E-state index contributed by atoms with van der Waals surface area (Å²) in [6.07, 6.45) is 1.53. The second-order valence-corrected chi connectivity index (χ2v) is 5.68. The molecule has 0 radical (unpaired) electrons. The molecule has 0 saturated carbocycles. The van der Waals surface area contributed by atoms with Crippen molar-refractivity contribution in [1.82, 2.24) is 19.9 Å². The molecule has 0 aliphatic heterocycles. The third kappa shape index (κ3) is 3.72. The molecule has 112 valence electrons. The average Bonchev–Trinajstić information content (AvgIpc) is 2.37. The Bertz CT molecular complexity index is 610. The highest BCUT2D eigenvalue weighted by Gasteiger charge is 2.17. The van der Waals surface area contributed by atoms with Gasteiger partial charge < -0.3 is 16.8 Å².